The van der Waals surface area contributed by atoms with Gasteiger partial charge in [0.25, 0.3) is 0 Å². The Morgan fingerprint density at radius 2 is 1.83 bits per heavy atom. The second-order valence-corrected chi connectivity index (χ2v) is 7.39. The molecule has 2 aromatic carbocycles. The number of hydrogen-bond donors (Lipinski definition) is 1. The minimum atomic E-state index is 0.00214. The first kappa shape index (κ1) is 17.6. The number of fused-ring (bicyclic) bond motifs is 3. The summed E-state index contributed by atoms with van der Waals surface area (Å²) in [6, 6.07) is 18.2. The van der Waals surface area contributed by atoms with Crippen molar-refractivity contribution >= 4 is 22.5 Å². The topological polar surface area (TPSA) is 59.8 Å². The molecule has 0 atom stereocenters. The fourth-order valence-electron chi connectivity index (χ4n) is 4.23. The largest absolute Gasteiger partial charge is 0.387 e. The molecule has 0 bridgehead atoms. The zero-order valence-electron chi connectivity index (χ0n) is 16.4. The highest BCUT2D eigenvalue weighted by Crippen LogP contribution is 2.33. The number of nitrogens with zero attached hydrogens (tertiary/aromatic N) is 3. The monoisotopic (exact) mass is 382 g/mol. The van der Waals surface area contributed by atoms with Gasteiger partial charge in [-0.05, 0) is 30.4 Å². The highest BCUT2D eigenvalue weighted by Gasteiger charge is 2.27. The van der Waals surface area contributed by atoms with Crippen LogP contribution in [0.3, 0.4) is 0 Å². The van der Waals surface area contributed by atoms with E-state index in [1.807, 2.05) is 60.4 Å². The number of anilines is 1. The third-order valence-corrected chi connectivity index (χ3v) is 5.71. The van der Waals surface area contributed by atoms with Crippen molar-refractivity contribution in [1.82, 2.24) is 14.8 Å². The molecule has 5 heteroatoms. The molecule has 5 rings (SSSR count). The van der Waals surface area contributed by atoms with Crippen molar-refractivity contribution in [3.63, 3.8) is 0 Å². The van der Waals surface area contributed by atoms with Gasteiger partial charge in [0.05, 0.1) is 17.3 Å². The first-order valence-corrected chi connectivity index (χ1v) is 9.99. The molecule has 2 heterocycles. The number of nitrogens with one attached hydrogen (secondary N) is 1. The summed E-state index contributed by atoms with van der Waals surface area (Å²) < 4.78 is 1.91. The zero-order valence-corrected chi connectivity index (χ0v) is 16.4. The molecular formula is C24H22N4O. The van der Waals surface area contributed by atoms with Gasteiger partial charge in [-0.25, -0.2) is 9.67 Å². The van der Waals surface area contributed by atoms with E-state index in [1.165, 1.54) is 5.56 Å². The summed E-state index contributed by atoms with van der Waals surface area (Å²) >= 11 is 0. The number of aromatic nitrogens is 3. The summed E-state index contributed by atoms with van der Waals surface area (Å²) in [6.07, 6.45) is 4.34. The van der Waals surface area contributed by atoms with Gasteiger partial charge in [0.2, 0.25) is 5.78 Å². The van der Waals surface area contributed by atoms with E-state index in [0.29, 0.717) is 12.2 Å². The van der Waals surface area contributed by atoms with Crippen LogP contribution in [-0.2, 0) is 25.8 Å². The van der Waals surface area contributed by atoms with Crippen LogP contribution in [0.25, 0.3) is 11.0 Å². The SMILES string of the molecule is CNc1c2c(nc3c1cnn3CCc1ccccc1)C(=O)c1ccccc1CC2. The molecule has 1 N–H and O–H groups in total. The van der Waals surface area contributed by atoms with Crippen LogP contribution in [-0.4, -0.2) is 27.6 Å². The number of aryl methyl sites for hydroxylation is 3. The van der Waals surface area contributed by atoms with E-state index in [1.54, 1.807) is 0 Å². The number of rotatable bonds is 4. The van der Waals surface area contributed by atoms with Crippen LogP contribution in [0.5, 0.6) is 0 Å². The zero-order chi connectivity index (χ0) is 19.8. The van der Waals surface area contributed by atoms with Crippen molar-refractivity contribution in [3.8, 4) is 0 Å². The molecule has 0 radical (unpaired) electrons. The fraction of sp³-hybridized carbons (Fsp3) is 0.208. The van der Waals surface area contributed by atoms with E-state index < -0.39 is 0 Å². The lowest BCUT2D eigenvalue weighted by molar-refractivity contribution is 0.103. The Balaban J connectivity index is 1.61. The summed E-state index contributed by atoms with van der Waals surface area (Å²) in [5.74, 6) is 0.00214. The van der Waals surface area contributed by atoms with Gasteiger partial charge in [0.15, 0.2) is 5.65 Å². The van der Waals surface area contributed by atoms with Crippen molar-refractivity contribution in [2.75, 3.05) is 12.4 Å². The molecule has 144 valence electrons. The molecule has 0 fully saturated rings. The Morgan fingerprint density at radius 1 is 1.03 bits per heavy atom. The van der Waals surface area contributed by atoms with Crippen molar-refractivity contribution in [3.05, 3.63) is 88.7 Å². The maximum atomic E-state index is 13.3. The molecule has 0 amide bonds. The highest BCUT2D eigenvalue weighted by molar-refractivity contribution is 6.12. The van der Waals surface area contributed by atoms with E-state index in [0.717, 1.165) is 52.7 Å². The second-order valence-electron chi connectivity index (χ2n) is 7.39. The van der Waals surface area contributed by atoms with Gasteiger partial charge in [0, 0.05) is 24.7 Å². The molecule has 4 aromatic rings. The molecule has 2 aromatic heterocycles. The van der Waals surface area contributed by atoms with E-state index in [2.05, 4.69) is 22.5 Å². The Kier molecular flexibility index (Phi) is 4.35. The predicted octanol–water partition coefficient (Wildman–Crippen LogP) is 4.05. The molecular weight excluding hydrogens is 360 g/mol. The molecule has 1 aliphatic rings. The van der Waals surface area contributed by atoms with Crippen molar-refractivity contribution in [1.29, 1.82) is 0 Å². The van der Waals surface area contributed by atoms with Gasteiger partial charge in [-0.2, -0.15) is 5.10 Å². The quantitative estimate of drug-likeness (QED) is 0.579. The van der Waals surface area contributed by atoms with E-state index >= 15 is 0 Å². The lowest BCUT2D eigenvalue weighted by atomic mass is 10.0. The minimum absolute atomic E-state index is 0.00214. The molecule has 0 spiro atoms. The number of carbonyl (C=O) groups is 1. The summed E-state index contributed by atoms with van der Waals surface area (Å²) in [6.45, 7) is 0.716. The highest BCUT2D eigenvalue weighted by atomic mass is 16.1. The van der Waals surface area contributed by atoms with Crippen molar-refractivity contribution < 1.29 is 4.79 Å². The Labute approximate surface area is 169 Å². The maximum Gasteiger partial charge on any atom is 0.212 e. The van der Waals surface area contributed by atoms with E-state index in [4.69, 9.17) is 4.98 Å². The second kappa shape index (κ2) is 7.17. The van der Waals surface area contributed by atoms with Crippen LogP contribution in [0.2, 0.25) is 0 Å². The van der Waals surface area contributed by atoms with Gasteiger partial charge < -0.3 is 5.32 Å². The number of carbonyl (C=O) groups excluding carboxylic acids is 1. The molecule has 29 heavy (non-hydrogen) atoms. The molecule has 0 aliphatic heterocycles. The lowest BCUT2D eigenvalue weighted by Crippen LogP contribution is -2.12. The summed E-state index contributed by atoms with van der Waals surface area (Å²) in [4.78, 5) is 18.2. The average Bonchev–Trinajstić information content (AvgIpc) is 3.12. The minimum Gasteiger partial charge on any atom is -0.387 e. The third kappa shape index (κ3) is 2.99. The van der Waals surface area contributed by atoms with Gasteiger partial charge in [-0.15, -0.1) is 0 Å². The van der Waals surface area contributed by atoms with Crippen molar-refractivity contribution in [2.45, 2.75) is 25.8 Å². The van der Waals surface area contributed by atoms with E-state index in [-0.39, 0.29) is 5.78 Å². The molecule has 0 saturated heterocycles. The van der Waals surface area contributed by atoms with Crippen LogP contribution in [0.1, 0.15) is 32.7 Å². The third-order valence-electron chi connectivity index (χ3n) is 5.71. The molecule has 0 saturated carbocycles. The predicted molar refractivity (Wildman–Crippen MR) is 115 cm³/mol. The van der Waals surface area contributed by atoms with Crippen LogP contribution >= 0.6 is 0 Å². The summed E-state index contributed by atoms with van der Waals surface area (Å²) in [5.41, 5.74) is 6.37. The van der Waals surface area contributed by atoms with Gasteiger partial charge >= 0.3 is 0 Å². The normalized spacial score (nSPS) is 13.1. The number of pyridine rings is 1. The average molecular weight is 382 g/mol. The summed E-state index contributed by atoms with van der Waals surface area (Å²) in [5, 5.41) is 8.87. The van der Waals surface area contributed by atoms with Crippen LogP contribution in [0.15, 0.2) is 60.8 Å². The van der Waals surface area contributed by atoms with Gasteiger partial charge in [0.1, 0.15) is 5.69 Å². The van der Waals surface area contributed by atoms with E-state index in [9.17, 15) is 4.79 Å². The lowest BCUT2D eigenvalue weighted by Gasteiger charge is -2.13. The van der Waals surface area contributed by atoms with Gasteiger partial charge in [-0.3, -0.25) is 4.79 Å². The number of benzene rings is 2. The van der Waals surface area contributed by atoms with Crippen molar-refractivity contribution in [2.24, 2.45) is 0 Å². The first-order chi connectivity index (χ1) is 14.3. The Hall–Kier alpha value is -3.47. The Morgan fingerprint density at radius 3 is 2.66 bits per heavy atom. The van der Waals surface area contributed by atoms with Crippen LogP contribution < -0.4 is 5.32 Å². The van der Waals surface area contributed by atoms with Gasteiger partial charge in [-0.1, -0.05) is 54.6 Å². The molecule has 1 aliphatic carbocycles. The summed E-state index contributed by atoms with van der Waals surface area (Å²) in [7, 11) is 1.90. The smallest absolute Gasteiger partial charge is 0.212 e. The Bertz CT molecular complexity index is 1210. The van der Waals surface area contributed by atoms with Crippen LogP contribution in [0, 0.1) is 0 Å². The number of hydrogen-bond acceptors (Lipinski definition) is 4. The molecule has 5 nitrogen and oxygen atoms in total. The first-order valence-electron chi connectivity index (χ1n) is 9.99. The fourth-order valence-corrected chi connectivity index (χ4v) is 4.23. The molecule has 0 unspecified atom stereocenters. The standard InChI is InChI=1S/C24H22N4O/c1-25-21-19-12-11-17-9-5-6-10-18(17)23(29)22(19)27-24-20(21)15-26-28(24)14-13-16-7-3-2-4-8-16/h2-10,15H,11-14H2,1H3,(H,25,27). The maximum absolute atomic E-state index is 13.3. The number of ketones is 1. The van der Waals surface area contributed by atoms with Crippen LogP contribution in [0.4, 0.5) is 5.69 Å².